The summed E-state index contributed by atoms with van der Waals surface area (Å²) in [6, 6.07) is 10.2. The van der Waals surface area contributed by atoms with Gasteiger partial charge in [0.05, 0.1) is 5.38 Å². The second-order valence-corrected chi connectivity index (χ2v) is 8.63. The molecule has 0 N–H and O–H groups in total. The van der Waals surface area contributed by atoms with Crippen molar-refractivity contribution in [2.24, 2.45) is 0 Å². The van der Waals surface area contributed by atoms with Gasteiger partial charge in [-0.3, -0.25) is 0 Å². The zero-order valence-electron chi connectivity index (χ0n) is 11.0. The Labute approximate surface area is 142 Å². The number of thiophene rings is 1. The first kappa shape index (κ1) is 15.6. The summed E-state index contributed by atoms with van der Waals surface area (Å²) in [6.45, 7) is 6.65. The first-order chi connectivity index (χ1) is 8.79. The highest BCUT2D eigenvalue weighted by Gasteiger charge is 2.21. The minimum Gasteiger partial charge on any atom is -0.143 e. The van der Waals surface area contributed by atoms with Crippen LogP contribution in [0, 0.1) is 3.57 Å². The average molecular weight is 425 g/mol. The fourth-order valence-corrected chi connectivity index (χ4v) is 4.22. The lowest BCUT2D eigenvalue weighted by Gasteiger charge is -2.16. The Morgan fingerprint density at radius 1 is 1.16 bits per heavy atom. The molecular formula is C15H15Cl2IS. The van der Waals surface area contributed by atoms with Gasteiger partial charge in [-0.25, -0.2) is 0 Å². The van der Waals surface area contributed by atoms with Crippen LogP contribution in [0.3, 0.4) is 0 Å². The van der Waals surface area contributed by atoms with E-state index in [9.17, 15) is 0 Å². The Balaban J connectivity index is 2.36. The maximum absolute atomic E-state index is 6.62. The van der Waals surface area contributed by atoms with Crippen molar-refractivity contribution in [3.63, 3.8) is 0 Å². The fraction of sp³-hybridized carbons (Fsp3) is 0.333. The minimum absolute atomic E-state index is 0.133. The van der Waals surface area contributed by atoms with Gasteiger partial charge in [-0.1, -0.05) is 32.4 Å². The van der Waals surface area contributed by atoms with Gasteiger partial charge >= 0.3 is 0 Å². The summed E-state index contributed by atoms with van der Waals surface area (Å²) in [7, 11) is 0. The molecular weight excluding hydrogens is 410 g/mol. The molecule has 102 valence electrons. The predicted molar refractivity (Wildman–Crippen MR) is 94.9 cm³/mol. The molecule has 0 saturated heterocycles. The number of rotatable bonds is 2. The molecule has 4 heteroatoms. The van der Waals surface area contributed by atoms with Crippen LogP contribution in [0.5, 0.6) is 0 Å². The topological polar surface area (TPSA) is 0 Å². The molecule has 0 aliphatic heterocycles. The molecule has 2 rings (SSSR count). The quantitative estimate of drug-likeness (QED) is 0.374. The van der Waals surface area contributed by atoms with E-state index in [1.807, 2.05) is 18.2 Å². The Morgan fingerprint density at radius 3 is 2.42 bits per heavy atom. The van der Waals surface area contributed by atoms with Crippen LogP contribution in [-0.4, -0.2) is 0 Å². The van der Waals surface area contributed by atoms with Crippen LogP contribution in [0.4, 0.5) is 0 Å². The molecule has 0 aliphatic rings. The van der Waals surface area contributed by atoms with Gasteiger partial charge < -0.3 is 0 Å². The van der Waals surface area contributed by atoms with Crippen molar-refractivity contribution in [1.29, 1.82) is 0 Å². The molecule has 1 aromatic carbocycles. The summed E-state index contributed by atoms with van der Waals surface area (Å²) in [4.78, 5) is 2.52. The van der Waals surface area contributed by atoms with E-state index in [-0.39, 0.29) is 10.8 Å². The molecule has 0 radical (unpaired) electrons. The number of hydrogen-bond donors (Lipinski definition) is 0. The van der Waals surface area contributed by atoms with Gasteiger partial charge in [0, 0.05) is 18.3 Å². The van der Waals surface area contributed by atoms with E-state index < -0.39 is 0 Å². The summed E-state index contributed by atoms with van der Waals surface area (Å²) in [5, 5.41) is 0.598. The molecule has 0 amide bonds. The molecule has 0 nitrogen and oxygen atoms in total. The van der Waals surface area contributed by atoms with Crippen molar-refractivity contribution >= 4 is 57.1 Å². The van der Waals surface area contributed by atoms with E-state index in [1.54, 1.807) is 11.3 Å². The lowest BCUT2D eigenvalue weighted by atomic mass is 9.95. The zero-order valence-corrected chi connectivity index (χ0v) is 15.5. The second-order valence-electron chi connectivity index (χ2n) is 5.48. The SMILES string of the molecule is CC(C)(C)c1ccc(C(Cl)c2cc(Cl)ccc2I)s1. The van der Waals surface area contributed by atoms with Gasteiger partial charge in [-0.05, 0) is 63.9 Å². The third-order valence-corrected chi connectivity index (χ3v) is 6.24. The van der Waals surface area contributed by atoms with Crippen LogP contribution in [0.2, 0.25) is 5.02 Å². The van der Waals surface area contributed by atoms with Crippen LogP contribution < -0.4 is 0 Å². The van der Waals surface area contributed by atoms with Crippen LogP contribution in [0.1, 0.15) is 41.5 Å². The molecule has 0 spiro atoms. The van der Waals surface area contributed by atoms with E-state index in [2.05, 4.69) is 55.5 Å². The first-order valence-electron chi connectivity index (χ1n) is 5.98. The third kappa shape index (κ3) is 3.66. The molecule has 2 aromatic rings. The molecule has 0 bridgehead atoms. The summed E-state index contributed by atoms with van der Waals surface area (Å²) >= 11 is 16.8. The first-order valence-corrected chi connectivity index (χ1v) is 8.69. The van der Waals surface area contributed by atoms with Crippen molar-refractivity contribution in [3.05, 3.63) is 54.2 Å². The lowest BCUT2D eigenvalue weighted by Crippen LogP contribution is -2.07. The summed E-state index contributed by atoms with van der Waals surface area (Å²) < 4.78 is 1.15. The van der Waals surface area contributed by atoms with Gasteiger partial charge in [-0.15, -0.1) is 22.9 Å². The molecule has 0 saturated carbocycles. The highest BCUT2D eigenvalue weighted by molar-refractivity contribution is 14.1. The highest BCUT2D eigenvalue weighted by Crippen LogP contribution is 2.39. The Morgan fingerprint density at radius 2 is 1.84 bits per heavy atom. The standard InChI is InChI=1S/C15H15Cl2IS/c1-15(2,3)13-7-6-12(19-13)14(17)10-8-9(16)4-5-11(10)18/h4-8,14H,1-3H3. The van der Waals surface area contributed by atoms with Crippen molar-refractivity contribution in [1.82, 2.24) is 0 Å². The zero-order chi connectivity index (χ0) is 14.2. The number of halogens is 3. The Kier molecular flexibility index (Phi) is 4.87. The number of hydrogen-bond acceptors (Lipinski definition) is 1. The van der Waals surface area contributed by atoms with E-state index in [0.717, 1.165) is 14.2 Å². The molecule has 0 fully saturated rings. The summed E-state index contributed by atoms with van der Waals surface area (Å²) in [5.74, 6) is 0. The molecule has 1 unspecified atom stereocenters. The Hall–Kier alpha value is 0.230. The van der Waals surface area contributed by atoms with Crippen LogP contribution in [0.15, 0.2) is 30.3 Å². The minimum atomic E-state index is -0.133. The monoisotopic (exact) mass is 424 g/mol. The third-order valence-electron chi connectivity index (χ3n) is 2.85. The predicted octanol–water partition coefficient (Wildman–Crippen LogP) is 6.63. The molecule has 1 aromatic heterocycles. The van der Waals surface area contributed by atoms with Gasteiger partial charge in [0.25, 0.3) is 0 Å². The normalized spacial score (nSPS) is 13.6. The van der Waals surface area contributed by atoms with Crippen molar-refractivity contribution in [3.8, 4) is 0 Å². The van der Waals surface area contributed by atoms with E-state index in [4.69, 9.17) is 23.2 Å². The van der Waals surface area contributed by atoms with E-state index in [1.165, 1.54) is 9.75 Å². The maximum Gasteiger partial charge on any atom is 0.0938 e. The average Bonchev–Trinajstić information content (AvgIpc) is 2.80. The number of alkyl halides is 1. The van der Waals surface area contributed by atoms with Gasteiger partial charge in [0.2, 0.25) is 0 Å². The van der Waals surface area contributed by atoms with Gasteiger partial charge in [0.15, 0.2) is 0 Å². The smallest absolute Gasteiger partial charge is 0.0938 e. The second kappa shape index (κ2) is 5.92. The van der Waals surface area contributed by atoms with Crippen molar-refractivity contribution < 1.29 is 0 Å². The van der Waals surface area contributed by atoms with E-state index in [0.29, 0.717) is 0 Å². The lowest BCUT2D eigenvalue weighted by molar-refractivity contribution is 0.604. The highest BCUT2D eigenvalue weighted by atomic mass is 127. The number of benzene rings is 1. The molecule has 1 atom stereocenters. The van der Waals surface area contributed by atoms with Gasteiger partial charge in [-0.2, -0.15) is 0 Å². The van der Waals surface area contributed by atoms with Gasteiger partial charge in [0.1, 0.15) is 0 Å². The molecule has 0 aliphatic carbocycles. The van der Waals surface area contributed by atoms with Crippen LogP contribution in [-0.2, 0) is 5.41 Å². The summed E-state index contributed by atoms with van der Waals surface area (Å²) in [6.07, 6.45) is 0. The molecule has 19 heavy (non-hydrogen) atoms. The fourth-order valence-electron chi connectivity index (χ4n) is 1.75. The Bertz CT molecular complexity index is 584. The van der Waals surface area contributed by atoms with Crippen molar-refractivity contribution in [2.45, 2.75) is 31.6 Å². The maximum atomic E-state index is 6.62. The summed E-state index contributed by atoms with van der Waals surface area (Å²) in [5.41, 5.74) is 1.25. The molecule has 1 heterocycles. The van der Waals surface area contributed by atoms with Crippen LogP contribution >= 0.6 is 57.1 Å². The van der Waals surface area contributed by atoms with Crippen molar-refractivity contribution in [2.75, 3.05) is 0 Å². The largest absolute Gasteiger partial charge is 0.143 e. The van der Waals surface area contributed by atoms with E-state index >= 15 is 0 Å². The van der Waals surface area contributed by atoms with Crippen LogP contribution in [0.25, 0.3) is 0 Å².